The molecule has 0 N–H and O–H groups in total. The normalized spacial score (nSPS) is 17.8. The summed E-state index contributed by atoms with van der Waals surface area (Å²) in [6.07, 6.45) is 2.59. The summed E-state index contributed by atoms with van der Waals surface area (Å²) in [5.41, 5.74) is 2.94. The summed E-state index contributed by atoms with van der Waals surface area (Å²) in [6, 6.07) is 3.31. The molecule has 4 amide bonds. The molecule has 2 aliphatic rings. The standard InChI is InChI=1S/C18H16N2O4/c1-9-5-14(20-16(22)8-12(4)18(20)24)10(2)6-13(9)19-15(21)7-11(3)17(19)23/h5-8H,1-4H3. The fourth-order valence-electron chi connectivity index (χ4n) is 2.90. The van der Waals surface area contributed by atoms with Crippen molar-refractivity contribution in [2.45, 2.75) is 27.7 Å². The maximum Gasteiger partial charge on any atom is 0.261 e. The Kier molecular flexibility index (Phi) is 3.48. The smallest absolute Gasteiger partial charge is 0.261 e. The molecule has 24 heavy (non-hydrogen) atoms. The van der Waals surface area contributed by atoms with Crippen LogP contribution < -0.4 is 9.80 Å². The van der Waals surface area contributed by atoms with Gasteiger partial charge in [0.1, 0.15) is 0 Å². The van der Waals surface area contributed by atoms with E-state index in [-0.39, 0.29) is 11.8 Å². The number of anilines is 2. The zero-order valence-corrected chi connectivity index (χ0v) is 13.8. The first-order chi connectivity index (χ1) is 11.2. The van der Waals surface area contributed by atoms with Gasteiger partial charge in [0.15, 0.2) is 0 Å². The van der Waals surface area contributed by atoms with Crippen molar-refractivity contribution in [1.82, 2.24) is 0 Å². The molecule has 1 aromatic rings. The van der Waals surface area contributed by atoms with Crippen LogP contribution in [-0.4, -0.2) is 23.6 Å². The van der Waals surface area contributed by atoms with Gasteiger partial charge in [0.05, 0.1) is 11.4 Å². The summed E-state index contributed by atoms with van der Waals surface area (Å²) in [5, 5.41) is 0. The average Bonchev–Trinajstić information content (AvgIpc) is 2.89. The van der Waals surface area contributed by atoms with Gasteiger partial charge in [0.2, 0.25) is 0 Å². The lowest BCUT2D eigenvalue weighted by Crippen LogP contribution is -2.33. The Morgan fingerprint density at radius 3 is 1.21 bits per heavy atom. The molecule has 0 atom stereocenters. The van der Waals surface area contributed by atoms with E-state index in [9.17, 15) is 19.2 Å². The molecule has 3 rings (SSSR count). The van der Waals surface area contributed by atoms with Crippen LogP contribution in [0.25, 0.3) is 0 Å². The molecule has 6 nitrogen and oxygen atoms in total. The molecule has 0 aliphatic carbocycles. The SMILES string of the molecule is CC1=CC(=O)N(c2cc(C)c(N3C(=O)C=C(C)C3=O)cc2C)C1=O. The Bertz CT molecular complexity index is 819. The van der Waals surface area contributed by atoms with Crippen LogP contribution in [0.1, 0.15) is 25.0 Å². The van der Waals surface area contributed by atoms with E-state index in [4.69, 9.17) is 0 Å². The Hall–Kier alpha value is -3.02. The number of rotatable bonds is 2. The quantitative estimate of drug-likeness (QED) is 0.779. The Balaban J connectivity index is 2.05. The fraction of sp³-hybridized carbons (Fsp3) is 0.222. The van der Waals surface area contributed by atoms with Gasteiger partial charge in [-0.05, 0) is 51.0 Å². The molecular weight excluding hydrogens is 308 g/mol. The van der Waals surface area contributed by atoms with Gasteiger partial charge < -0.3 is 0 Å². The van der Waals surface area contributed by atoms with Crippen molar-refractivity contribution in [3.63, 3.8) is 0 Å². The molecule has 0 unspecified atom stereocenters. The third-order valence-electron chi connectivity index (χ3n) is 4.20. The van der Waals surface area contributed by atoms with Crippen molar-refractivity contribution < 1.29 is 19.2 Å². The van der Waals surface area contributed by atoms with Gasteiger partial charge in [0.25, 0.3) is 23.6 Å². The van der Waals surface area contributed by atoms with Crippen molar-refractivity contribution in [3.8, 4) is 0 Å². The molecule has 2 heterocycles. The number of aryl methyl sites for hydroxylation is 2. The van der Waals surface area contributed by atoms with E-state index in [1.54, 1.807) is 39.8 Å². The van der Waals surface area contributed by atoms with Gasteiger partial charge in [-0.1, -0.05) is 0 Å². The predicted molar refractivity (Wildman–Crippen MR) is 88.4 cm³/mol. The summed E-state index contributed by atoms with van der Waals surface area (Å²) in [7, 11) is 0. The van der Waals surface area contributed by atoms with Crippen molar-refractivity contribution in [2.24, 2.45) is 0 Å². The van der Waals surface area contributed by atoms with Crippen molar-refractivity contribution in [3.05, 3.63) is 46.6 Å². The number of hydrogen-bond donors (Lipinski definition) is 0. The summed E-state index contributed by atoms with van der Waals surface area (Å²) >= 11 is 0. The number of imide groups is 2. The first-order valence-electron chi connectivity index (χ1n) is 7.47. The highest BCUT2D eigenvalue weighted by Crippen LogP contribution is 2.34. The first kappa shape index (κ1) is 15.9. The highest BCUT2D eigenvalue weighted by Gasteiger charge is 2.34. The molecule has 0 saturated carbocycles. The summed E-state index contributed by atoms with van der Waals surface area (Å²) < 4.78 is 0. The van der Waals surface area contributed by atoms with E-state index in [1.165, 1.54) is 12.2 Å². The molecule has 2 aliphatic heterocycles. The Labute approximate surface area is 139 Å². The zero-order chi connectivity index (χ0) is 17.8. The third-order valence-corrected chi connectivity index (χ3v) is 4.20. The lowest BCUT2D eigenvalue weighted by Gasteiger charge is -2.22. The number of carbonyl (C=O) groups is 4. The predicted octanol–water partition coefficient (Wildman–Crippen LogP) is 1.94. The first-order valence-corrected chi connectivity index (χ1v) is 7.47. The van der Waals surface area contributed by atoms with E-state index < -0.39 is 11.8 Å². The van der Waals surface area contributed by atoms with Crippen LogP contribution in [0.15, 0.2) is 35.4 Å². The van der Waals surface area contributed by atoms with E-state index in [0.29, 0.717) is 33.6 Å². The molecule has 0 saturated heterocycles. The second-order valence-electron chi connectivity index (χ2n) is 6.04. The lowest BCUT2D eigenvalue weighted by molar-refractivity contribution is -0.122. The van der Waals surface area contributed by atoms with Crippen LogP contribution >= 0.6 is 0 Å². The second-order valence-corrected chi connectivity index (χ2v) is 6.04. The molecule has 0 radical (unpaired) electrons. The van der Waals surface area contributed by atoms with Crippen LogP contribution in [0.2, 0.25) is 0 Å². The second kappa shape index (κ2) is 5.26. The molecule has 1 aromatic carbocycles. The topological polar surface area (TPSA) is 74.8 Å². The molecule has 0 aromatic heterocycles. The summed E-state index contributed by atoms with van der Waals surface area (Å²) in [4.78, 5) is 50.7. The number of hydrogen-bond acceptors (Lipinski definition) is 4. The Morgan fingerprint density at radius 1 is 0.625 bits per heavy atom. The van der Waals surface area contributed by atoms with Gasteiger partial charge in [0, 0.05) is 23.3 Å². The van der Waals surface area contributed by atoms with Crippen LogP contribution in [0, 0.1) is 13.8 Å². The van der Waals surface area contributed by atoms with E-state index in [0.717, 1.165) is 9.80 Å². The van der Waals surface area contributed by atoms with Gasteiger partial charge in [-0.3, -0.25) is 19.2 Å². The zero-order valence-electron chi connectivity index (χ0n) is 13.8. The van der Waals surface area contributed by atoms with Crippen molar-refractivity contribution in [1.29, 1.82) is 0 Å². The summed E-state index contributed by atoms with van der Waals surface area (Å²) in [6.45, 7) is 6.65. The largest absolute Gasteiger partial charge is 0.269 e. The molecule has 122 valence electrons. The highest BCUT2D eigenvalue weighted by molar-refractivity contribution is 6.32. The fourth-order valence-corrected chi connectivity index (χ4v) is 2.90. The average molecular weight is 324 g/mol. The number of benzene rings is 1. The monoisotopic (exact) mass is 324 g/mol. The molecule has 6 heteroatoms. The number of nitrogens with zero attached hydrogens (tertiary/aromatic N) is 2. The van der Waals surface area contributed by atoms with E-state index in [2.05, 4.69) is 0 Å². The maximum atomic E-state index is 12.2. The summed E-state index contributed by atoms with van der Waals surface area (Å²) in [5.74, 6) is -1.50. The van der Waals surface area contributed by atoms with Crippen molar-refractivity contribution in [2.75, 3.05) is 9.80 Å². The van der Waals surface area contributed by atoms with Crippen molar-refractivity contribution >= 4 is 35.0 Å². The molecule has 0 bridgehead atoms. The van der Waals surface area contributed by atoms with Gasteiger partial charge >= 0.3 is 0 Å². The van der Waals surface area contributed by atoms with Gasteiger partial charge in [-0.25, -0.2) is 9.80 Å². The van der Waals surface area contributed by atoms with Crippen LogP contribution in [0.5, 0.6) is 0 Å². The van der Waals surface area contributed by atoms with Crippen LogP contribution in [-0.2, 0) is 19.2 Å². The minimum absolute atomic E-state index is 0.360. The highest BCUT2D eigenvalue weighted by atomic mass is 16.2. The van der Waals surface area contributed by atoms with Gasteiger partial charge in [-0.15, -0.1) is 0 Å². The molecule has 0 spiro atoms. The number of amides is 4. The Morgan fingerprint density at radius 2 is 0.958 bits per heavy atom. The van der Waals surface area contributed by atoms with Crippen LogP contribution in [0.3, 0.4) is 0 Å². The maximum absolute atomic E-state index is 12.2. The lowest BCUT2D eigenvalue weighted by atomic mass is 10.1. The van der Waals surface area contributed by atoms with Gasteiger partial charge in [-0.2, -0.15) is 0 Å². The minimum atomic E-state index is -0.390. The van der Waals surface area contributed by atoms with Crippen LogP contribution in [0.4, 0.5) is 11.4 Å². The number of carbonyl (C=O) groups excluding carboxylic acids is 4. The third kappa shape index (κ3) is 2.19. The molecular formula is C18H16N2O4. The van der Waals surface area contributed by atoms with E-state index >= 15 is 0 Å². The molecule has 0 fully saturated rings. The van der Waals surface area contributed by atoms with E-state index in [1.807, 2.05) is 0 Å². The minimum Gasteiger partial charge on any atom is -0.269 e.